The van der Waals surface area contributed by atoms with Crippen molar-refractivity contribution in [2.75, 3.05) is 30.1 Å². The molecule has 0 saturated carbocycles. The molecule has 0 bridgehead atoms. The Hall–Kier alpha value is -4.12. The summed E-state index contributed by atoms with van der Waals surface area (Å²) in [7, 11) is 3.77. The van der Waals surface area contributed by atoms with Crippen molar-refractivity contribution in [1.29, 1.82) is 0 Å². The lowest BCUT2D eigenvalue weighted by molar-refractivity contribution is -0.192. The van der Waals surface area contributed by atoms with Gasteiger partial charge in [0.2, 0.25) is 11.8 Å². The van der Waals surface area contributed by atoms with Crippen LogP contribution in [0.3, 0.4) is 0 Å². The molecule has 2 heterocycles. The van der Waals surface area contributed by atoms with Gasteiger partial charge < -0.3 is 20.1 Å². The van der Waals surface area contributed by atoms with Crippen LogP contribution in [0, 0.1) is 0 Å². The maximum Gasteiger partial charge on any atom is 0.490 e. The van der Waals surface area contributed by atoms with Crippen LogP contribution < -0.4 is 15.0 Å². The van der Waals surface area contributed by atoms with E-state index in [4.69, 9.17) is 14.6 Å². The van der Waals surface area contributed by atoms with Crippen LogP contribution in [0.2, 0.25) is 0 Å². The Balaban J connectivity index is 0.000000560. The van der Waals surface area contributed by atoms with E-state index >= 15 is 0 Å². The number of fused-ring (bicyclic) bond motifs is 1. The number of carbonyl (C=O) groups excluding carboxylic acids is 1. The number of carboxylic acids is 1. The summed E-state index contributed by atoms with van der Waals surface area (Å²) in [5.41, 5.74) is 1.56. The molecule has 0 aliphatic rings. The van der Waals surface area contributed by atoms with Crippen molar-refractivity contribution in [3.05, 3.63) is 54.4 Å². The Morgan fingerprint density at radius 1 is 1.05 bits per heavy atom. The number of nitrogens with zero attached hydrogens (tertiary/aromatic N) is 4. The smallest absolute Gasteiger partial charge is 0.475 e. The molecule has 1 amide bonds. The molecule has 0 aliphatic heterocycles. The molecule has 2 aromatic carbocycles. The van der Waals surface area contributed by atoms with Crippen LogP contribution in [-0.2, 0) is 15.8 Å². The van der Waals surface area contributed by atoms with Crippen LogP contribution >= 0.6 is 24.0 Å². The van der Waals surface area contributed by atoms with Crippen LogP contribution in [0.15, 0.2) is 48.8 Å². The monoisotopic (exact) mass is 649 g/mol. The number of thiazole rings is 1. The van der Waals surface area contributed by atoms with Crippen LogP contribution in [0.25, 0.3) is 21.5 Å². The van der Waals surface area contributed by atoms with Gasteiger partial charge in [-0.25, -0.2) is 19.7 Å². The van der Waals surface area contributed by atoms with Crippen molar-refractivity contribution in [2.24, 2.45) is 0 Å². The predicted octanol–water partition coefficient (Wildman–Crippen LogP) is 7.16. The fraction of sp³-hybridized carbons (Fsp3) is 0.269. The zero-order valence-corrected chi connectivity index (χ0v) is 24.6. The maximum absolute atomic E-state index is 12.8. The topological polar surface area (TPSA) is 118 Å². The first-order valence-electron chi connectivity index (χ1n) is 11.9. The summed E-state index contributed by atoms with van der Waals surface area (Å²) in [4.78, 5) is 35.0. The number of anilines is 2. The minimum absolute atomic E-state index is 0.200. The van der Waals surface area contributed by atoms with Gasteiger partial charge in [-0.2, -0.15) is 39.0 Å². The molecule has 2 aromatic heterocycles. The Morgan fingerprint density at radius 3 is 2.12 bits per heavy atom. The van der Waals surface area contributed by atoms with Crippen LogP contribution in [-0.4, -0.2) is 58.0 Å². The van der Waals surface area contributed by atoms with Gasteiger partial charge in [0, 0.05) is 44.4 Å². The second-order valence-corrected chi connectivity index (χ2v) is 10.1. The molecule has 9 nitrogen and oxygen atoms in total. The second kappa shape index (κ2) is 14.9. The predicted molar refractivity (Wildman–Crippen MR) is 154 cm³/mol. The van der Waals surface area contributed by atoms with Crippen molar-refractivity contribution in [3.63, 3.8) is 0 Å². The molecule has 2 N–H and O–H groups in total. The lowest BCUT2D eigenvalue weighted by Gasteiger charge is -2.14. The quantitative estimate of drug-likeness (QED) is 0.154. The van der Waals surface area contributed by atoms with E-state index in [1.165, 1.54) is 42.8 Å². The van der Waals surface area contributed by atoms with Crippen molar-refractivity contribution in [1.82, 2.24) is 15.0 Å². The highest BCUT2D eigenvalue weighted by Gasteiger charge is 2.38. The SMILES string of the molecule is CC(=O)Nc1nc2c(Oc3cc(-c4ccc(C(F)(F)F)cc4)ncn3)cc(N(C)C)cc2s1.CCS.O=C(O)C(F)(F)F. The molecule has 43 heavy (non-hydrogen) atoms. The molecule has 232 valence electrons. The largest absolute Gasteiger partial charge is 0.490 e. The van der Waals surface area contributed by atoms with E-state index in [9.17, 15) is 31.1 Å². The summed E-state index contributed by atoms with van der Waals surface area (Å²) in [6.07, 6.45) is -8.22. The Bertz CT molecular complexity index is 1540. The van der Waals surface area contributed by atoms with Crippen molar-refractivity contribution in [2.45, 2.75) is 26.2 Å². The van der Waals surface area contributed by atoms with Gasteiger partial charge in [0.25, 0.3) is 0 Å². The first-order valence-corrected chi connectivity index (χ1v) is 13.4. The molecular formula is C26H25F6N5O4S2. The molecule has 0 spiro atoms. The number of benzene rings is 2. The van der Waals surface area contributed by atoms with Crippen LogP contribution in [0.1, 0.15) is 19.4 Å². The van der Waals surface area contributed by atoms with E-state index < -0.39 is 23.9 Å². The molecule has 4 rings (SSSR count). The molecule has 0 unspecified atom stereocenters. The first-order chi connectivity index (χ1) is 20.0. The first kappa shape index (κ1) is 35.1. The van der Waals surface area contributed by atoms with Gasteiger partial charge in [-0.3, -0.25) is 4.79 Å². The van der Waals surface area contributed by atoms with Gasteiger partial charge in [-0.15, -0.1) is 0 Å². The number of aromatic nitrogens is 3. The molecule has 0 atom stereocenters. The number of halogens is 6. The molecule has 0 aliphatic carbocycles. The zero-order chi connectivity index (χ0) is 32.5. The standard InChI is InChI=1S/C22H18F3N5O2S.C2HF3O2.C2H6S/c1-12(31)28-21-29-20-17(8-15(30(2)3)9-18(20)33-21)32-19-10-16(26-11-27-19)13-4-6-14(7-5-13)22(23,24)25;3-2(4,5)1(6)7;1-2-3/h4-11H,1-3H3,(H,28,29,31);(H,6,7);3H,2H2,1H3. The average molecular weight is 650 g/mol. The molecule has 17 heteroatoms. The van der Waals surface area contributed by atoms with Gasteiger partial charge in [-0.1, -0.05) is 30.4 Å². The van der Waals surface area contributed by atoms with Gasteiger partial charge in [0.1, 0.15) is 11.8 Å². The maximum atomic E-state index is 12.8. The number of hydrogen-bond donors (Lipinski definition) is 3. The fourth-order valence-electron chi connectivity index (χ4n) is 3.02. The van der Waals surface area contributed by atoms with Crippen LogP contribution in [0.4, 0.5) is 37.2 Å². The molecule has 0 saturated heterocycles. The molecule has 0 radical (unpaired) electrons. The molecule has 4 aromatic rings. The highest BCUT2D eigenvalue weighted by molar-refractivity contribution is 7.80. The molecular weight excluding hydrogens is 624 g/mol. The van der Waals surface area contributed by atoms with E-state index in [-0.39, 0.29) is 11.8 Å². The Morgan fingerprint density at radius 2 is 1.63 bits per heavy atom. The molecule has 0 fully saturated rings. The number of aliphatic carboxylic acids is 1. The number of rotatable bonds is 5. The van der Waals surface area contributed by atoms with Crippen molar-refractivity contribution >= 4 is 56.9 Å². The average Bonchev–Trinajstić information content (AvgIpc) is 3.31. The van der Waals surface area contributed by atoms with Crippen LogP contribution in [0.5, 0.6) is 11.6 Å². The Labute approximate surface area is 251 Å². The van der Waals surface area contributed by atoms with Gasteiger partial charge >= 0.3 is 18.3 Å². The lowest BCUT2D eigenvalue weighted by atomic mass is 10.1. The normalized spacial score (nSPS) is 11.0. The number of hydrogen-bond acceptors (Lipinski definition) is 9. The van der Waals surface area contributed by atoms with E-state index in [2.05, 4.69) is 32.9 Å². The summed E-state index contributed by atoms with van der Waals surface area (Å²) in [6.45, 7) is 3.39. The number of thiol groups is 1. The fourth-order valence-corrected chi connectivity index (χ4v) is 3.98. The number of carboxylic acid groups (broad SMARTS) is 1. The third kappa shape index (κ3) is 10.6. The number of amides is 1. The van der Waals surface area contributed by atoms with E-state index in [1.54, 1.807) is 6.07 Å². The van der Waals surface area contributed by atoms with Crippen molar-refractivity contribution < 1.29 is 45.8 Å². The third-order valence-corrected chi connectivity index (χ3v) is 5.77. The highest BCUT2D eigenvalue weighted by Crippen LogP contribution is 2.38. The summed E-state index contributed by atoms with van der Waals surface area (Å²) in [5, 5.41) is 10.2. The summed E-state index contributed by atoms with van der Waals surface area (Å²) >= 11 is 5.10. The van der Waals surface area contributed by atoms with Gasteiger partial charge in [-0.05, 0) is 24.0 Å². The number of nitrogens with one attached hydrogen (secondary N) is 1. The summed E-state index contributed by atoms with van der Waals surface area (Å²) in [5.74, 6) is -1.43. The summed E-state index contributed by atoms with van der Waals surface area (Å²) < 4.78 is 77.1. The van der Waals surface area contributed by atoms with E-state index in [0.29, 0.717) is 27.7 Å². The second-order valence-electron chi connectivity index (χ2n) is 8.42. The van der Waals surface area contributed by atoms with E-state index in [1.807, 2.05) is 32.0 Å². The highest BCUT2D eigenvalue weighted by atomic mass is 32.1. The Kier molecular flexibility index (Phi) is 12.1. The summed E-state index contributed by atoms with van der Waals surface area (Å²) in [6, 6.07) is 9.96. The van der Waals surface area contributed by atoms with Gasteiger partial charge in [0.15, 0.2) is 10.9 Å². The lowest BCUT2D eigenvalue weighted by Crippen LogP contribution is -2.21. The van der Waals surface area contributed by atoms with E-state index in [0.717, 1.165) is 28.3 Å². The number of alkyl halides is 6. The van der Waals surface area contributed by atoms with Crippen molar-refractivity contribution in [3.8, 4) is 22.9 Å². The third-order valence-electron chi connectivity index (χ3n) is 4.85. The number of ether oxygens (including phenoxy) is 1. The van der Waals surface area contributed by atoms with Gasteiger partial charge in [0.05, 0.1) is 16.0 Å². The minimum atomic E-state index is -5.08. The number of carbonyl (C=O) groups is 2. The minimum Gasteiger partial charge on any atom is -0.475 e. The zero-order valence-electron chi connectivity index (χ0n) is 22.9.